The molecule has 0 unspecified atom stereocenters. The predicted molar refractivity (Wildman–Crippen MR) is 87.2 cm³/mol. The number of nitrogens with one attached hydrogen (secondary N) is 2. The van der Waals surface area contributed by atoms with Crippen molar-refractivity contribution in [1.29, 1.82) is 0 Å². The number of nitrogens with two attached hydrogens (primary N) is 2. The molecule has 4 aromatic heterocycles. The summed E-state index contributed by atoms with van der Waals surface area (Å²) in [7, 11) is -4.80. The molecule has 0 saturated carbocycles. The minimum Gasteiger partial charge on any atom is -0.369 e. The summed E-state index contributed by atoms with van der Waals surface area (Å²) in [6, 6.07) is 0. The predicted octanol–water partition coefficient (Wildman–Crippen LogP) is -3.48. The Labute approximate surface area is 146 Å². The van der Waals surface area contributed by atoms with Gasteiger partial charge in [0.1, 0.15) is 12.7 Å². The molecule has 4 heterocycles. The Morgan fingerprint density at radius 3 is 1.67 bits per heavy atom. The third kappa shape index (κ3) is 2.76. The molecule has 0 fully saturated rings. The molecule has 0 aromatic carbocycles. The molecule has 4 rings (SSSR count). The van der Waals surface area contributed by atoms with Gasteiger partial charge in [-0.1, -0.05) is 0 Å². The summed E-state index contributed by atoms with van der Waals surface area (Å²) in [6.45, 7) is 0. The largest absolute Gasteiger partial charge is 0.540 e. The Bertz CT molecular complexity index is 1310. The van der Waals surface area contributed by atoms with Crippen LogP contribution in [0.4, 0.5) is 11.9 Å². The molecule has 0 saturated heterocycles. The van der Waals surface area contributed by atoms with Crippen LogP contribution in [0.15, 0.2) is 22.2 Å². The number of nitrogens with zero attached hydrogens (tertiary/aromatic N) is 6. The zero-order valence-electron chi connectivity index (χ0n) is 12.9. The van der Waals surface area contributed by atoms with Gasteiger partial charge < -0.3 is 11.5 Å². The molecule has 0 radical (unpaired) electrons. The van der Waals surface area contributed by atoms with Crippen molar-refractivity contribution >= 4 is 44.6 Å². The number of hydrogen-bond donors (Lipinski definition) is 4. The van der Waals surface area contributed by atoms with Crippen LogP contribution in [0.25, 0.3) is 22.3 Å². The lowest BCUT2D eigenvalue weighted by Gasteiger charge is -2.07. The molecule has 0 atom stereocenters. The van der Waals surface area contributed by atoms with Gasteiger partial charge in [-0.25, -0.2) is 9.97 Å². The van der Waals surface area contributed by atoms with Crippen LogP contribution in [-0.4, -0.2) is 47.8 Å². The number of imidazole rings is 2. The van der Waals surface area contributed by atoms with Gasteiger partial charge in [0.2, 0.25) is 23.2 Å². The first kappa shape index (κ1) is 16.3. The molecule has 16 nitrogen and oxygen atoms in total. The fraction of sp³-hybridized carbons (Fsp3) is 0. The van der Waals surface area contributed by atoms with E-state index in [1.807, 2.05) is 0 Å². The van der Waals surface area contributed by atoms with Crippen LogP contribution in [0.1, 0.15) is 0 Å². The number of rotatable bonds is 4. The standard InChI is InChI=1S/C10H8N10O6S/c11-9-15-5-3(7(21)17-9)13-1-19(5)25-27(23,24)26-20-2-14-4-6(20)16-10(12)18-8(4)22/h1-2H,(H3,11,15,17,21)(H3,12,16,18,22). The molecular weight excluding hydrogens is 388 g/mol. The molecule has 0 aliphatic carbocycles. The summed E-state index contributed by atoms with van der Waals surface area (Å²) in [4.78, 5) is 42.6. The molecule has 17 heteroatoms. The van der Waals surface area contributed by atoms with Gasteiger partial charge in [-0.2, -0.15) is 9.97 Å². The molecular formula is C10H8N10O6S. The van der Waals surface area contributed by atoms with E-state index in [-0.39, 0.29) is 34.2 Å². The van der Waals surface area contributed by atoms with E-state index in [4.69, 9.17) is 11.5 Å². The normalized spacial score (nSPS) is 11.9. The SMILES string of the molecule is Nc1nc2c(ncn2OS(=O)(=O)On2cnc3c(=O)[nH]c(N)nc32)c(=O)[nH]1. The average Bonchev–Trinajstić information content (AvgIpc) is 3.12. The van der Waals surface area contributed by atoms with Crippen molar-refractivity contribution in [3.8, 4) is 0 Å². The summed E-state index contributed by atoms with van der Waals surface area (Å²) >= 11 is 0. The van der Waals surface area contributed by atoms with E-state index in [2.05, 4.69) is 38.5 Å². The first-order valence-corrected chi connectivity index (χ1v) is 8.17. The quantitative estimate of drug-likeness (QED) is 0.263. The van der Waals surface area contributed by atoms with E-state index >= 15 is 0 Å². The Balaban J connectivity index is 1.72. The second-order valence-electron chi connectivity index (χ2n) is 4.94. The van der Waals surface area contributed by atoms with E-state index < -0.39 is 21.5 Å². The highest BCUT2D eigenvalue weighted by Crippen LogP contribution is 2.08. The average molecular weight is 396 g/mol. The lowest BCUT2D eigenvalue weighted by molar-refractivity contribution is 0.192. The van der Waals surface area contributed by atoms with Crippen LogP contribution in [0, 0.1) is 0 Å². The number of nitrogen functional groups attached to an aromatic ring is 2. The number of fused-ring (bicyclic) bond motifs is 2. The van der Waals surface area contributed by atoms with E-state index in [0.717, 1.165) is 12.7 Å². The topological polar surface area (TPSA) is 232 Å². The molecule has 140 valence electrons. The van der Waals surface area contributed by atoms with Crippen molar-refractivity contribution in [3.05, 3.63) is 33.4 Å². The number of H-pyrrole nitrogens is 2. The summed E-state index contributed by atoms with van der Waals surface area (Å²) in [5.74, 6) is -0.564. The zero-order chi connectivity index (χ0) is 19.3. The molecule has 0 spiro atoms. The lowest BCUT2D eigenvalue weighted by Crippen LogP contribution is -2.30. The fourth-order valence-electron chi connectivity index (χ4n) is 2.13. The first-order valence-electron chi connectivity index (χ1n) is 6.84. The minimum atomic E-state index is -4.80. The van der Waals surface area contributed by atoms with Gasteiger partial charge in [-0.3, -0.25) is 28.1 Å². The molecule has 4 aromatic rings. The summed E-state index contributed by atoms with van der Waals surface area (Å²) in [6.07, 6.45) is 1.75. The van der Waals surface area contributed by atoms with Crippen molar-refractivity contribution < 1.29 is 17.0 Å². The van der Waals surface area contributed by atoms with Gasteiger partial charge in [0.15, 0.2) is 11.0 Å². The van der Waals surface area contributed by atoms with Gasteiger partial charge in [0.05, 0.1) is 0 Å². The van der Waals surface area contributed by atoms with Crippen LogP contribution < -0.4 is 31.2 Å². The van der Waals surface area contributed by atoms with Gasteiger partial charge >= 0.3 is 10.4 Å². The maximum Gasteiger partial charge on any atom is 0.540 e. The third-order valence-electron chi connectivity index (χ3n) is 3.13. The highest BCUT2D eigenvalue weighted by Gasteiger charge is 2.22. The van der Waals surface area contributed by atoms with Gasteiger partial charge in [-0.05, 0) is 0 Å². The molecule has 6 N–H and O–H groups in total. The number of aromatic amines is 2. The molecule has 0 aliphatic rings. The third-order valence-corrected chi connectivity index (χ3v) is 3.82. The zero-order valence-corrected chi connectivity index (χ0v) is 13.7. The second-order valence-corrected chi connectivity index (χ2v) is 6.06. The van der Waals surface area contributed by atoms with E-state index in [0.29, 0.717) is 9.46 Å². The molecule has 0 bridgehead atoms. The Hall–Kier alpha value is -4.15. The van der Waals surface area contributed by atoms with Crippen molar-refractivity contribution in [2.45, 2.75) is 0 Å². The molecule has 0 aliphatic heterocycles. The minimum absolute atomic E-state index is 0.214. The van der Waals surface area contributed by atoms with E-state index in [1.165, 1.54) is 0 Å². The van der Waals surface area contributed by atoms with Crippen molar-refractivity contribution in [3.63, 3.8) is 0 Å². The Morgan fingerprint density at radius 2 is 1.26 bits per heavy atom. The Morgan fingerprint density at radius 1 is 0.852 bits per heavy atom. The van der Waals surface area contributed by atoms with Crippen LogP contribution >= 0.6 is 0 Å². The fourth-order valence-corrected chi connectivity index (χ4v) is 2.77. The maximum absolute atomic E-state index is 12.2. The summed E-state index contributed by atoms with van der Waals surface area (Å²) in [5.41, 5.74) is 8.46. The molecule has 27 heavy (non-hydrogen) atoms. The van der Waals surface area contributed by atoms with Crippen LogP contribution in [0.5, 0.6) is 0 Å². The first-order chi connectivity index (χ1) is 12.7. The van der Waals surface area contributed by atoms with Crippen molar-refractivity contribution in [2.24, 2.45) is 0 Å². The van der Waals surface area contributed by atoms with Crippen molar-refractivity contribution in [1.82, 2.24) is 39.4 Å². The van der Waals surface area contributed by atoms with Crippen LogP contribution in [-0.2, 0) is 10.4 Å². The maximum atomic E-state index is 12.2. The summed E-state index contributed by atoms with van der Waals surface area (Å²) in [5, 5.41) is 0. The van der Waals surface area contributed by atoms with Crippen LogP contribution in [0.2, 0.25) is 0 Å². The highest BCUT2D eigenvalue weighted by molar-refractivity contribution is 7.82. The van der Waals surface area contributed by atoms with Gasteiger partial charge in [0.25, 0.3) is 11.1 Å². The Kier molecular flexibility index (Phi) is 3.28. The number of aromatic nitrogens is 8. The number of anilines is 2. The van der Waals surface area contributed by atoms with Crippen LogP contribution in [0.3, 0.4) is 0 Å². The summed E-state index contributed by atoms with van der Waals surface area (Å²) < 4.78 is 34.8. The highest BCUT2D eigenvalue weighted by atomic mass is 32.3. The molecule has 0 amide bonds. The monoisotopic (exact) mass is 396 g/mol. The van der Waals surface area contributed by atoms with Gasteiger partial charge in [0, 0.05) is 0 Å². The number of hydrogen-bond acceptors (Lipinski definition) is 12. The van der Waals surface area contributed by atoms with E-state index in [9.17, 15) is 18.0 Å². The smallest absolute Gasteiger partial charge is 0.369 e. The lowest BCUT2D eigenvalue weighted by atomic mass is 10.5. The van der Waals surface area contributed by atoms with Crippen molar-refractivity contribution in [2.75, 3.05) is 11.5 Å². The van der Waals surface area contributed by atoms with E-state index in [1.54, 1.807) is 0 Å². The second kappa shape index (κ2) is 5.42. The van der Waals surface area contributed by atoms with Gasteiger partial charge in [-0.15, -0.1) is 17.9 Å².